The molecule has 1 aliphatic rings. The third-order valence-electron chi connectivity index (χ3n) is 3.56. The van der Waals surface area contributed by atoms with Gasteiger partial charge in [-0.2, -0.15) is 0 Å². The first-order chi connectivity index (χ1) is 8.86. The van der Waals surface area contributed by atoms with Crippen LogP contribution in [0.2, 0.25) is 5.02 Å². The molecule has 0 amide bonds. The smallest absolute Gasteiger partial charge is 0.107 e. The minimum Gasteiger partial charge on any atom is -0.368 e. The summed E-state index contributed by atoms with van der Waals surface area (Å²) in [6.07, 6.45) is 0.233. The topological polar surface area (TPSA) is 12.5 Å². The molecule has 3 aromatic carbocycles. The van der Waals surface area contributed by atoms with Crippen LogP contribution in [-0.4, -0.2) is 6.61 Å². The van der Waals surface area contributed by atoms with Crippen LogP contribution >= 0.6 is 11.6 Å². The van der Waals surface area contributed by atoms with Gasteiger partial charge in [0.1, 0.15) is 6.10 Å². The summed E-state index contributed by atoms with van der Waals surface area (Å²) in [5, 5.41) is 5.49. The summed E-state index contributed by atoms with van der Waals surface area (Å²) in [5.41, 5.74) is 1.28. The average molecular weight is 255 g/mol. The Labute approximate surface area is 110 Å². The Kier molecular flexibility index (Phi) is 2.14. The molecule has 0 saturated carbocycles. The van der Waals surface area contributed by atoms with Gasteiger partial charge >= 0.3 is 0 Å². The van der Waals surface area contributed by atoms with Crippen molar-refractivity contribution >= 4 is 33.1 Å². The zero-order chi connectivity index (χ0) is 12.1. The van der Waals surface area contributed by atoms with E-state index in [9.17, 15) is 0 Å². The van der Waals surface area contributed by atoms with Gasteiger partial charge in [0.15, 0.2) is 0 Å². The highest BCUT2D eigenvalue weighted by atomic mass is 35.5. The van der Waals surface area contributed by atoms with Crippen LogP contribution in [0.1, 0.15) is 11.7 Å². The Bertz CT molecular complexity index is 702. The van der Waals surface area contributed by atoms with Gasteiger partial charge < -0.3 is 4.74 Å². The lowest BCUT2D eigenvalue weighted by atomic mass is 9.95. The molecular weight excluding hydrogens is 244 g/mol. The highest BCUT2D eigenvalue weighted by molar-refractivity contribution is 6.41. The van der Waals surface area contributed by atoms with Crippen LogP contribution in [0.15, 0.2) is 48.5 Å². The van der Waals surface area contributed by atoms with Crippen molar-refractivity contribution < 1.29 is 4.74 Å². The van der Waals surface area contributed by atoms with Gasteiger partial charge in [0, 0.05) is 10.8 Å². The second-order valence-electron chi connectivity index (χ2n) is 4.64. The lowest BCUT2D eigenvalue weighted by Gasteiger charge is -2.11. The number of epoxide rings is 1. The molecule has 2 heteroatoms. The van der Waals surface area contributed by atoms with Crippen molar-refractivity contribution in [2.24, 2.45) is 0 Å². The van der Waals surface area contributed by atoms with Crippen LogP contribution < -0.4 is 0 Å². The quantitative estimate of drug-likeness (QED) is 0.452. The summed E-state index contributed by atoms with van der Waals surface area (Å²) in [6, 6.07) is 16.6. The monoisotopic (exact) mass is 254 g/mol. The molecule has 0 bridgehead atoms. The molecule has 88 valence electrons. The molecule has 0 radical (unpaired) electrons. The SMILES string of the molecule is Clc1c2ccccc2c([C@@H]2CO2)c2ccccc12. The molecule has 0 unspecified atom stereocenters. The summed E-state index contributed by atoms with van der Waals surface area (Å²) in [4.78, 5) is 0. The number of benzene rings is 3. The molecule has 4 rings (SSSR count). The molecule has 1 fully saturated rings. The van der Waals surface area contributed by atoms with E-state index in [1.165, 1.54) is 16.3 Å². The highest BCUT2D eigenvalue weighted by Crippen LogP contribution is 2.43. The second kappa shape index (κ2) is 3.71. The van der Waals surface area contributed by atoms with Gasteiger partial charge in [-0.25, -0.2) is 0 Å². The van der Waals surface area contributed by atoms with E-state index >= 15 is 0 Å². The predicted molar refractivity (Wildman–Crippen MR) is 75.2 cm³/mol. The lowest BCUT2D eigenvalue weighted by Crippen LogP contribution is -1.89. The molecule has 0 aliphatic carbocycles. The van der Waals surface area contributed by atoms with Crippen LogP contribution in [0.25, 0.3) is 21.5 Å². The van der Waals surface area contributed by atoms with E-state index in [1.54, 1.807) is 0 Å². The largest absolute Gasteiger partial charge is 0.368 e. The molecule has 0 N–H and O–H groups in total. The first-order valence-corrected chi connectivity index (χ1v) is 6.44. The zero-order valence-electron chi connectivity index (χ0n) is 9.69. The third-order valence-corrected chi connectivity index (χ3v) is 3.97. The number of rotatable bonds is 1. The minimum atomic E-state index is 0.233. The van der Waals surface area contributed by atoms with Crippen LogP contribution in [0.3, 0.4) is 0 Å². The zero-order valence-corrected chi connectivity index (χ0v) is 10.4. The summed E-state index contributed by atoms with van der Waals surface area (Å²) in [6.45, 7) is 0.815. The Morgan fingerprint density at radius 2 is 1.28 bits per heavy atom. The van der Waals surface area contributed by atoms with Gasteiger partial charge in [-0.3, -0.25) is 0 Å². The number of fused-ring (bicyclic) bond motifs is 2. The van der Waals surface area contributed by atoms with Gasteiger partial charge in [0.05, 0.1) is 11.6 Å². The maximum atomic E-state index is 6.53. The van der Waals surface area contributed by atoms with Crippen molar-refractivity contribution in [3.8, 4) is 0 Å². The Morgan fingerprint density at radius 1 is 0.833 bits per heavy atom. The van der Waals surface area contributed by atoms with Crippen LogP contribution in [0, 0.1) is 0 Å². The second-order valence-corrected chi connectivity index (χ2v) is 5.02. The average Bonchev–Trinajstić information content (AvgIpc) is 3.24. The van der Waals surface area contributed by atoms with Crippen LogP contribution in [0.5, 0.6) is 0 Å². The standard InChI is InChI=1S/C16H11ClO/c17-16-12-7-3-1-5-10(12)15(14-9-18-14)11-6-2-4-8-13(11)16/h1-8,14H,9H2/t14-/m0/s1. The maximum Gasteiger partial charge on any atom is 0.107 e. The van der Waals surface area contributed by atoms with Crippen LogP contribution in [0.4, 0.5) is 0 Å². The maximum absolute atomic E-state index is 6.53. The van der Waals surface area contributed by atoms with Crippen molar-refractivity contribution in [1.29, 1.82) is 0 Å². The van der Waals surface area contributed by atoms with E-state index in [-0.39, 0.29) is 6.10 Å². The number of hydrogen-bond acceptors (Lipinski definition) is 1. The number of halogens is 1. The van der Waals surface area contributed by atoms with Crippen molar-refractivity contribution in [2.45, 2.75) is 6.10 Å². The fourth-order valence-corrected chi connectivity index (χ4v) is 3.00. The minimum absolute atomic E-state index is 0.233. The number of ether oxygens (including phenoxy) is 1. The summed E-state index contributed by atoms with van der Waals surface area (Å²) in [5.74, 6) is 0. The van der Waals surface area contributed by atoms with Gasteiger partial charge in [-0.05, 0) is 16.3 Å². The van der Waals surface area contributed by atoms with Gasteiger partial charge in [-0.1, -0.05) is 60.1 Å². The van der Waals surface area contributed by atoms with Gasteiger partial charge in [0.2, 0.25) is 0 Å². The first kappa shape index (κ1) is 10.4. The normalized spacial score (nSPS) is 18.4. The van der Waals surface area contributed by atoms with E-state index in [0.29, 0.717) is 0 Å². The molecule has 1 nitrogen and oxygen atoms in total. The summed E-state index contributed by atoms with van der Waals surface area (Å²) in [7, 11) is 0. The van der Waals surface area contributed by atoms with Gasteiger partial charge in [0.25, 0.3) is 0 Å². The molecule has 3 aromatic rings. The molecule has 0 spiro atoms. The van der Waals surface area contributed by atoms with Crippen LogP contribution in [-0.2, 0) is 4.74 Å². The first-order valence-electron chi connectivity index (χ1n) is 6.06. The molecule has 1 atom stereocenters. The molecule has 1 heterocycles. The van der Waals surface area contributed by atoms with E-state index < -0.39 is 0 Å². The van der Waals surface area contributed by atoms with Crippen molar-refractivity contribution in [1.82, 2.24) is 0 Å². The fraction of sp³-hybridized carbons (Fsp3) is 0.125. The lowest BCUT2D eigenvalue weighted by molar-refractivity contribution is 0.418. The summed E-state index contributed by atoms with van der Waals surface area (Å²) < 4.78 is 5.51. The van der Waals surface area contributed by atoms with Gasteiger partial charge in [-0.15, -0.1) is 0 Å². The van der Waals surface area contributed by atoms with E-state index in [0.717, 1.165) is 22.4 Å². The van der Waals surface area contributed by atoms with Crippen molar-refractivity contribution in [3.63, 3.8) is 0 Å². The Hall–Kier alpha value is -1.57. The predicted octanol–water partition coefficient (Wildman–Crippen LogP) is 4.72. The van der Waals surface area contributed by atoms with E-state index in [4.69, 9.17) is 16.3 Å². The Balaban J connectivity index is 2.28. The molecule has 18 heavy (non-hydrogen) atoms. The molecule has 1 aliphatic heterocycles. The molecule has 1 saturated heterocycles. The number of hydrogen-bond donors (Lipinski definition) is 0. The molecule has 0 aromatic heterocycles. The van der Waals surface area contributed by atoms with E-state index in [1.807, 2.05) is 12.1 Å². The third kappa shape index (κ3) is 1.38. The Morgan fingerprint density at radius 3 is 1.72 bits per heavy atom. The highest BCUT2D eigenvalue weighted by Gasteiger charge is 2.29. The van der Waals surface area contributed by atoms with Crippen molar-refractivity contribution in [3.05, 3.63) is 59.1 Å². The molecular formula is C16H11ClO. The fourth-order valence-electron chi connectivity index (χ4n) is 2.67. The van der Waals surface area contributed by atoms with E-state index in [2.05, 4.69) is 36.4 Å². The summed E-state index contributed by atoms with van der Waals surface area (Å²) >= 11 is 6.53. The van der Waals surface area contributed by atoms with Crippen molar-refractivity contribution in [2.75, 3.05) is 6.61 Å².